The Morgan fingerprint density at radius 1 is 0.875 bits per heavy atom. The summed E-state index contributed by atoms with van der Waals surface area (Å²) in [4.78, 5) is 0. The van der Waals surface area contributed by atoms with Crippen molar-refractivity contribution in [1.29, 1.82) is 0 Å². The first-order chi connectivity index (χ1) is 7.37. The SMILES string of the molecule is C=C[Si](OC)(OC)OC.C[SiH](C)O[SiH](C)C. The number of rotatable bonds is 6. The van der Waals surface area contributed by atoms with Crippen molar-refractivity contribution in [3.8, 4) is 0 Å². The highest BCUT2D eigenvalue weighted by molar-refractivity contribution is 6.66. The third-order valence-corrected chi connectivity index (χ3v) is 8.21. The summed E-state index contributed by atoms with van der Waals surface area (Å²) in [5.41, 5.74) is 1.58. The second-order valence-corrected chi connectivity index (χ2v) is 11.8. The highest BCUT2D eigenvalue weighted by atomic mass is 28.4. The maximum absolute atomic E-state index is 5.53. The minimum absolute atomic E-state index is 0.667. The van der Waals surface area contributed by atoms with Gasteiger partial charge in [-0.1, -0.05) is 6.58 Å². The van der Waals surface area contributed by atoms with Gasteiger partial charge in [0, 0.05) is 21.3 Å². The zero-order valence-electron chi connectivity index (χ0n) is 11.6. The Morgan fingerprint density at radius 2 is 1.19 bits per heavy atom. The van der Waals surface area contributed by atoms with Gasteiger partial charge in [0.2, 0.25) is 0 Å². The van der Waals surface area contributed by atoms with Gasteiger partial charge in [0.25, 0.3) is 0 Å². The lowest BCUT2D eigenvalue weighted by Crippen LogP contribution is -2.40. The van der Waals surface area contributed by atoms with E-state index in [1.807, 2.05) is 0 Å². The molecule has 0 heterocycles. The summed E-state index contributed by atoms with van der Waals surface area (Å²) in [5.74, 6) is 0. The summed E-state index contributed by atoms with van der Waals surface area (Å²) in [6, 6.07) is 0. The van der Waals surface area contributed by atoms with E-state index in [1.54, 1.807) is 27.0 Å². The average Bonchev–Trinajstić information content (AvgIpc) is 2.21. The molecule has 0 bridgehead atoms. The van der Waals surface area contributed by atoms with Crippen LogP contribution in [0.1, 0.15) is 0 Å². The molecule has 7 heteroatoms. The molecule has 0 aromatic heterocycles. The average molecular weight is 283 g/mol. The molecule has 0 unspecified atom stereocenters. The third kappa shape index (κ3) is 9.46. The lowest BCUT2D eigenvalue weighted by molar-refractivity contribution is 0.138. The van der Waals surface area contributed by atoms with Crippen LogP contribution in [0.3, 0.4) is 0 Å². The summed E-state index contributed by atoms with van der Waals surface area (Å²) >= 11 is 0. The molecule has 4 nitrogen and oxygen atoms in total. The second kappa shape index (κ2) is 10.4. The van der Waals surface area contributed by atoms with Crippen molar-refractivity contribution in [3.63, 3.8) is 0 Å². The topological polar surface area (TPSA) is 36.9 Å². The molecular weight excluding hydrogens is 256 g/mol. The van der Waals surface area contributed by atoms with Gasteiger partial charge in [0.05, 0.1) is 0 Å². The first-order valence-corrected chi connectivity index (χ1v) is 12.7. The Kier molecular flexibility index (Phi) is 12.1. The van der Waals surface area contributed by atoms with E-state index < -0.39 is 26.9 Å². The molecule has 0 aromatic carbocycles. The Labute approximate surface area is 104 Å². The normalized spacial score (nSPS) is 11.3. The van der Waals surface area contributed by atoms with Gasteiger partial charge in [0.15, 0.2) is 18.1 Å². The molecule has 0 amide bonds. The summed E-state index contributed by atoms with van der Waals surface area (Å²) in [7, 11) is 0.867. The molecule has 0 spiro atoms. The van der Waals surface area contributed by atoms with Gasteiger partial charge in [-0.05, 0) is 31.9 Å². The zero-order chi connectivity index (χ0) is 13.2. The molecule has 0 aliphatic rings. The van der Waals surface area contributed by atoms with Crippen molar-refractivity contribution in [2.75, 3.05) is 21.3 Å². The van der Waals surface area contributed by atoms with E-state index in [2.05, 4.69) is 32.8 Å². The van der Waals surface area contributed by atoms with Crippen LogP contribution in [0.2, 0.25) is 26.2 Å². The van der Waals surface area contributed by atoms with Crippen LogP contribution in [0.4, 0.5) is 0 Å². The van der Waals surface area contributed by atoms with Crippen LogP contribution < -0.4 is 0 Å². The van der Waals surface area contributed by atoms with Crippen LogP contribution in [-0.4, -0.2) is 48.2 Å². The van der Waals surface area contributed by atoms with E-state index in [-0.39, 0.29) is 0 Å². The van der Waals surface area contributed by atoms with Crippen molar-refractivity contribution < 1.29 is 17.4 Å². The van der Waals surface area contributed by atoms with Crippen LogP contribution in [0.25, 0.3) is 0 Å². The van der Waals surface area contributed by atoms with Crippen LogP contribution >= 0.6 is 0 Å². The van der Waals surface area contributed by atoms with E-state index in [1.165, 1.54) is 0 Å². The molecule has 0 rings (SSSR count). The number of hydrogen-bond donors (Lipinski definition) is 0. The fraction of sp³-hybridized carbons (Fsp3) is 0.778. The molecule has 0 atom stereocenters. The van der Waals surface area contributed by atoms with Crippen LogP contribution in [-0.2, 0) is 17.4 Å². The Bertz CT molecular complexity index is 158. The highest BCUT2D eigenvalue weighted by Crippen LogP contribution is 2.04. The van der Waals surface area contributed by atoms with Crippen LogP contribution in [0.15, 0.2) is 12.3 Å². The largest absolute Gasteiger partial charge is 0.528 e. The molecule has 0 radical (unpaired) electrons. The molecule has 16 heavy (non-hydrogen) atoms. The van der Waals surface area contributed by atoms with E-state index in [0.29, 0.717) is 0 Å². The molecule has 0 aromatic rings. The Morgan fingerprint density at radius 3 is 1.19 bits per heavy atom. The van der Waals surface area contributed by atoms with E-state index in [4.69, 9.17) is 17.4 Å². The molecule has 0 saturated carbocycles. The van der Waals surface area contributed by atoms with Gasteiger partial charge in [-0.3, -0.25) is 0 Å². The fourth-order valence-electron chi connectivity index (χ4n) is 1.04. The van der Waals surface area contributed by atoms with Crippen molar-refractivity contribution in [2.45, 2.75) is 26.2 Å². The lowest BCUT2D eigenvalue weighted by atomic mass is 11.3. The van der Waals surface area contributed by atoms with Gasteiger partial charge in [0.1, 0.15) is 0 Å². The van der Waals surface area contributed by atoms with Gasteiger partial charge in [-0.2, -0.15) is 0 Å². The third-order valence-electron chi connectivity index (χ3n) is 1.65. The maximum Gasteiger partial charge on any atom is 0.528 e. The van der Waals surface area contributed by atoms with Crippen molar-refractivity contribution in [3.05, 3.63) is 12.3 Å². The molecule has 0 aliphatic carbocycles. The quantitative estimate of drug-likeness (QED) is 0.693. The van der Waals surface area contributed by atoms with Crippen molar-refractivity contribution >= 4 is 26.9 Å². The minimum atomic E-state index is -2.43. The van der Waals surface area contributed by atoms with E-state index in [0.717, 1.165) is 0 Å². The second-order valence-electron chi connectivity index (χ2n) is 3.65. The summed E-state index contributed by atoms with van der Waals surface area (Å²) < 4.78 is 20.4. The smallest absolute Gasteiger partial charge is 0.461 e. The molecule has 0 aliphatic heterocycles. The lowest BCUT2D eigenvalue weighted by Gasteiger charge is -2.19. The molecule has 0 saturated heterocycles. The van der Waals surface area contributed by atoms with Gasteiger partial charge in [-0.15, -0.1) is 0 Å². The zero-order valence-corrected chi connectivity index (χ0v) is 14.9. The highest BCUT2D eigenvalue weighted by Gasteiger charge is 2.33. The van der Waals surface area contributed by atoms with Crippen molar-refractivity contribution in [1.82, 2.24) is 0 Å². The first kappa shape index (κ1) is 18.6. The van der Waals surface area contributed by atoms with Gasteiger partial charge in [-0.25, -0.2) is 0 Å². The van der Waals surface area contributed by atoms with Crippen molar-refractivity contribution in [2.24, 2.45) is 0 Å². The summed E-state index contributed by atoms with van der Waals surface area (Å²) in [6.07, 6.45) is 0. The van der Waals surface area contributed by atoms with Crippen LogP contribution in [0, 0.1) is 0 Å². The molecule has 0 N–H and O–H groups in total. The number of hydrogen-bond acceptors (Lipinski definition) is 4. The maximum atomic E-state index is 5.53. The Hall–Kier alpha value is 0.231. The fourth-order valence-corrected chi connectivity index (χ4v) is 6.40. The Balaban J connectivity index is 0. The van der Waals surface area contributed by atoms with Crippen LogP contribution in [0.5, 0.6) is 0 Å². The first-order valence-electron chi connectivity index (χ1n) is 5.31. The summed E-state index contributed by atoms with van der Waals surface area (Å²) in [5, 5.41) is 0. The standard InChI is InChI=1S/C5H12O3Si.C4H14OSi2/c1-5-9(6-2,7-3)8-4;1-6(2)5-7(3)4/h5H,1H2,2-4H3;6-7H,1-4H3. The molecule has 98 valence electrons. The minimum Gasteiger partial charge on any atom is -0.461 e. The van der Waals surface area contributed by atoms with E-state index in [9.17, 15) is 0 Å². The molecule has 0 fully saturated rings. The molecular formula is C9H26O4Si3. The van der Waals surface area contributed by atoms with Gasteiger partial charge < -0.3 is 17.4 Å². The monoisotopic (exact) mass is 282 g/mol. The summed E-state index contributed by atoms with van der Waals surface area (Å²) in [6.45, 7) is 12.4. The van der Waals surface area contributed by atoms with Gasteiger partial charge >= 0.3 is 8.80 Å². The predicted molar refractivity (Wildman–Crippen MR) is 75.8 cm³/mol. The predicted octanol–water partition coefficient (Wildman–Crippen LogP) is 1.56. The van der Waals surface area contributed by atoms with E-state index >= 15 is 0 Å².